The fraction of sp³-hybridized carbons (Fsp3) is 0.562. The van der Waals surface area contributed by atoms with Crippen LogP contribution < -0.4 is 15.0 Å². The highest BCUT2D eigenvalue weighted by Gasteiger charge is 2.28. The van der Waals surface area contributed by atoms with Crippen molar-refractivity contribution < 1.29 is 19.1 Å². The number of nitrogens with one attached hydrogen (secondary N) is 1. The van der Waals surface area contributed by atoms with Crippen LogP contribution in [0.15, 0.2) is 18.3 Å². The quantitative estimate of drug-likeness (QED) is 0.716. The summed E-state index contributed by atoms with van der Waals surface area (Å²) in [5, 5.41) is 2.86. The maximum Gasteiger partial charge on any atom is 0.266 e. The number of hydrogen-bond donors (Lipinski definition) is 1. The van der Waals surface area contributed by atoms with E-state index in [4.69, 9.17) is 9.47 Å². The topological polar surface area (TPSA) is 84.0 Å². The van der Waals surface area contributed by atoms with Crippen LogP contribution in [-0.2, 0) is 14.3 Å². The zero-order valence-corrected chi connectivity index (χ0v) is 13.6. The largest absolute Gasteiger partial charge is 0.480 e. The summed E-state index contributed by atoms with van der Waals surface area (Å²) in [5.74, 6) is 0.475. The van der Waals surface area contributed by atoms with E-state index in [0.717, 1.165) is 39.3 Å². The lowest BCUT2D eigenvalue weighted by Gasteiger charge is -2.28. The van der Waals surface area contributed by atoms with Crippen LogP contribution in [0.2, 0.25) is 0 Å². The Balaban J connectivity index is 1.44. The SMILES string of the molecule is O=C(CN1C(=O)COc2cccnc21)NCCCN1CCOCC1. The van der Waals surface area contributed by atoms with Gasteiger partial charge in [-0.25, -0.2) is 4.98 Å². The third-order valence-corrected chi connectivity index (χ3v) is 4.04. The molecule has 0 aromatic carbocycles. The Labute approximate surface area is 140 Å². The van der Waals surface area contributed by atoms with Crippen LogP contribution >= 0.6 is 0 Å². The zero-order chi connectivity index (χ0) is 16.8. The summed E-state index contributed by atoms with van der Waals surface area (Å²) in [6.07, 6.45) is 2.45. The Hall–Kier alpha value is -2.19. The van der Waals surface area contributed by atoms with Crippen LogP contribution in [0.5, 0.6) is 5.75 Å². The summed E-state index contributed by atoms with van der Waals surface area (Å²) in [4.78, 5) is 31.9. The molecule has 1 N–H and O–H groups in total. The van der Waals surface area contributed by atoms with Gasteiger partial charge in [0, 0.05) is 25.8 Å². The monoisotopic (exact) mass is 334 g/mol. The molecule has 130 valence electrons. The molecule has 8 heteroatoms. The molecule has 1 saturated heterocycles. The Bertz CT molecular complexity index is 589. The van der Waals surface area contributed by atoms with Gasteiger partial charge in [0.15, 0.2) is 18.2 Å². The minimum atomic E-state index is -0.260. The molecule has 1 fully saturated rings. The van der Waals surface area contributed by atoms with E-state index in [1.807, 2.05) is 0 Å². The van der Waals surface area contributed by atoms with Crippen LogP contribution in [0.4, 0.5) is 5.82 Å². The number of hydrogen-bond acceptors (Lipinski definition) is 6. The molecule has 0 bridgehead atoms. The first-order valence-electron chi connectivity index (χ1n) is 8.19. The van der Waals surface area contributed by atoms with Gasteiger partial charge in [0.1, 0.15) is 6.54 Å². The molecular formula is C16H22N4O4. The fourth-order valence-electron chi connectivity index (χ4n) is 2.75. The molecule has 2 aliphatic rings. The van der Waals surface area contributed by atoms with Crippen molar-refractivity contribution in [2.75, 3.05) is 57.4 Å². The molecule has 1 aromatic rings. The number of anilines is 1. The van der Waals surface area contributed by atoms with Crippen molar-refractivity contribution in [3.63, 3.8) is 0 Å². The minimum absolute atomic E-state index is 0.0379. The van der Waals surface area contributed by atoms with Gasteiger partial charge in [0.2, 0.25) is 5.91 Å². The van der Waals surface area contributed by atoms with E-state index in [2.05, 4.69) is 15.2 Å². The minimum Gasteiger partial charge on any atom is -0.480 e. The summed E-state index contributed by atoms with van der Waals surface area (Å²) in [6.45, 7) is 4.86. The first kappa shape index (κ1) is 16.7. The molecule has 0 radical (unpaired) electrons. The molecule has 2 amide bonds. The zero-order valence-electron chi connectivity index (χ0n) is 13.6. The van der Waals surface area contributed by atoms with Gasteiger partial charge < -0.3 is 14.8 Å². The van der Waals surface area contributed by atoms with Gasteiger partial charge in [-0.3, -0.25) is 19.4 Å². The number of rotatable bonds is 6. The fourth-order valence-corrected chi connectivity index (χ4v) is 2.75. The second kappa shape index (κ2) is 8.07. The second-order valence-electron chi connectivity index (χ2n) is 5.75. The average Bonchev–Trinajstić information content (AvgIpc) is 2.62. The van der Waals surface area contributed by atoms with E-state index < -0.39 is 0 Å². The lowest BCUT2D eigenvalue weighted by Crippen LogP contribution is -2.46. The standard InChI is InChI=1S/C16H22N4O4/c21-14(17-5-2-6-19-7-9-23-10-8-19)11-20-15(22)12-24-13-3-1-4-18-16(13)20/h1,3-4H,2,5-12H2,(H,17,21). The van der Waals surface area contributed by atoms with Crippen molar-refractivity contribution >= 4 is 17.6 Å². The number of aromatic nitrogens is 1. The molecule has 0 unspecified atom stereocenters. The number of carbonyl (C=O) groups excluding carboxylic acids is 2. The summed E-state index contributed by atoms with van der Waals surface area (Å²) in [6, 6.07) is 3.47. The lowest BCUT2D eigenvalue weighted by molar-refractivity contribution is -0.125. The van der Waals surface area contributed by atoms with Gasteiger partial charge in [-0.15, -0.1) is 0 Å². The maximum atomic E-state index is 12.1. The molecule has 3 rings (SSSR count). The van der Waals surface area contributed by atoms with Gasteiger partial charge in [-0.1, -0.05) is 0 Å². The van der Waals surface area contributed by atoms with Gasteiger partial charge in [-0.2, -0.15) is 0 Å². The van der Waals surface area contributed by atoms with Gasteiger partial charge in [0.05, 0.1) is 13.2 Å². The van der Waals surface area contributed by atoms with Crippen LogP contribution in [0.25, 0.3) is 0 Å². The van der Waals surface area contributed by atoms with E-state index >= 15 is 0 Å². The number of morpholine rings is 1. The van der Waals surface area contributed by atoms with Crippen LogP contribution in [0, 0.1) is 0 Å². The van der Waals surface area contributed by atoms with Crippen LogP contribution in [-0.4, -0.2) is 74.2 Å². The Morgan fingerprint density at radius 2 is 2.17 bits per heavy atom. The Kier molecular flexibility index (Phi) is 5.60. The number of ether oxygens (including phenoxy) is 2. The van der Waals surface area contributed by atoms with Gasteiger partial charge >= 0.3 is 0 Å². The number of carbonyl (C=O) groups is 2. The number of pyridine rings is 1. The molecule has 0 spiro atoms. The normalized spacial score (nSPS) is 18.0. The number of amides is 2. The molecule has 0 atom stereocenters. The van der Waals surface area contributed by atoms with Crippen molar-refractivity contribution in [3.05, 3.63) is 18.3 Å². The molecule has 1 aromatic heterocycles. The smallest absolute Gasteiger partial charge is 0.266 e. The van der Waals surface area contributed by atoms with Gasteiger partial charge in [0.25, 0.3) is 5.91 Å². The van der Waals surface area contributed by atoms with Crippen molar-refractivity contribution in [1.29, 1.82) is 0 Å². The van der Waals surface area contributed by atoms with Crippen molar-refractivity contribution in [2.24, 2.45) is 0 Å². The maximum absolute atomic E-state index is 12.1. The average molecular weight is 334 g/mol. The molecular weight excluding hydrogens is 312 g/mol. The van der Waals surface area contributed by atoms with E-state index in [9.17, 15) is 9.59 Å². The summed E-state index contributed by atoms with van der Waals surface area (Å²) < 4.78 is 10.6. The Morgan fingerprint density at radius 1 is 1.33 bits per heavy atom. The lowest BCUT2D eigenvalue weighted by atomic mass is 10.3. The molecule has 0 saturated carbocycles. The second-order valence-corrected chi connectivity index (χ2v) is 5.75. The predicted octanol–water partition coefficient (Wildman–Crippen LogP) is -0.354. The van der Waals surface area contributed by atoms with E-state index in [1.54, 1.807) is 18.3 Å². The molecule has 0 aliphatic carbocycles. The van der Waals surface area contributed by atoms with Gasteiger partial charge in [-0.05, 0) is 25.1 Å². The molecule has 3 heterocycles. The highest BCUT2D eigenvalue weighted by Crippen LogP contribution is 2.28. The first-order valence-corrected chi connectivity index (χ1v) is 8.19. The number of fused-ring (bicyclic) bond motifs is 1. The third-order valence-electron chi connectivity index (χ3n) is 4.04. The highest BCUT2D eigenvalue weighted by molar-refractivity contribution is 6.01. The van der Waals surface area contributed by atoms with E-state index in [-0.39, 0.29) is 25.0 Å². The molecule has 8 nitrogen and oxygen atoms in total. The highest BCUT2D eigenvalue weighted by atomic mass is 16.5. The van der Waals surface area contributed by atoms with Crippen molar-refractivity contribution in [3.8, 4) is 5.75 Å². The summed E-state index contributed by atoms with van der Waals surface area (Å²) >= 11 is 0. The first-order chi connectivity index (χ1) is 11.7. The van der Waals surface area contributed by atoms with Crippen molar-refractivity contribution in [2.45, 2.75) is 6.42 Å². The Morgan fingerprint density at radius 3 is 3.00 bits per heavy atom. The van der Waals surface area contributed by atoms with E-state index in [0.29, 0.717) is 18.1 Å². The summed E-state index contributed by atoms with van der Waals surface area (Å²) in [5.41, 5.74) is 0. The number of nitrogens with zero attached hydrogens (tertiary/aromatic N) is 3. The summed E-state index contributed by atoms with van der Waals surface area (Å²) in [7, 11) is 0. The van der Waals surface area contributed by atoms with Crippen molar-refractivity contribution in [1.82, 2.24) is 15.2 Å². The molecule has 2 aliphatic heterocycles. The van der Waals surface area contributed by atoms with E-state index in [1.165, 1.54) is 4.90 Å². The van der Waals surface area contributed by atoms with Crippen LogP contribution in [0.3, 0.4) is 0 Å². The predicted molar refractivity (Wildman–Crippen MR) is 87.0 cm³/mol. The third kappa shape index (κ3) is 4.21. The van der Waals surface area contributed by atoms with Crippen LogP contribution in [0.1, 0.15) is 6.42 Å². The molecule has 24 heavy (non-hydrogen) atoms.